The summed E-state index contributed by atoms with van der Waals surface area (Å²) < 4.78 is 0. The lowest BCUT2D eigenvalue weighted by molar-refractivity contribution is -0.139. The minimum Gasteiger partial charge on any atom is -0.480 e. The number of carbonyl (C=O) groups is 2. The van der Waals surface area contributed by atoms with Gasteiger partial charge in [0, 0.05) is 13.0 Å². The highest BCUT2D eigenvalue weighted by molar-refractivity contribution is 5.77. The van der Waals surface area contributed by atoms with E-state index in [1.54, 1.807) is 6.08 Å². The fraction of sp³-hybridized carbons (Fsp3) is 0.500. The average Bonchev–Trinajstić information content (AvgIpc) is 2.03. The molecule has 0 aliphatic heterocycles. The monoisotopic (exact) mass is 186 g/mol. The second-order valence-corrected chi connectivity index (χ2v) is 2.59. The fourth-order valence-electron chi connectivity index (χ4n) is 0.825. The van der Waals surface area contributed by atoms with Gasteiger partial charge in [-0.15, -0.1) is 6.58 Å². The van der Waals surface area contributed by atoms with E-state index in [-0.39, 0.29) is 12.8 Å². The summed E-state index contributed by atoms with van der Waals surface area (Å²) in [5.41, 5.74) is 4.89. The largest absolute Gasteiger partial charge is 0.480 e. The van der Waals surface area contributed by atoms with Crippen molar-refractivity contribution in [2.45, 2.75) is 18.9 Å². The van der Waals surface area contributed by atoms with Crippen molar-refractivity contribution >= 4 is 11.9 Å². The van der Waals surface area contributed by atoms with E-state index in [4.69, 9.17) is 10.8 Å². The van der Waals surface area contributed by atoms with Crippen LogP contribution in [0.2, 0.25) is 0 Å². The van der Waals surface area contributed by atoms with Crippen molar-refractivity contribution in [3.8, 4) is 0 Å². The molecule has 5 heteroatoms. The number of aliphatic carboxylic acids is 1. The maximum absolute atomic E-state index is 10.6. The Hall–Kier alpha value is -1.36. The molecule has 1 amide bonds. The number of rotatable bonds is 7. The number of carboxylic acids is 1. The van der Waals surface area contributed by atoms with Gasteiger partial charge in [-0.2, -0.15) is 0 Å². The topological polar surface area (TPSA) is 92.4 Å². The van der Waals surface area contributed by atoms with Crippen LogP contribution < -0.4 is 11.1 Å². The molecule has 0 fully saturated rings. The fourth-order valence-corrected chi connectivity index (χ4v) is 0.825. The van der Waals surface area contributed by atoms with Crippen molar-refractivity contribution in [2.24, 2.45) is 5.73 Å². The molecule has 1 atom stereocenters. The van der Waals surface area contributed by atoms with E-state index in [0.717, 1.165) is 0 Å². The normalized spacial score (nSPS) is 12.0. The van der Waals surface area contributed by atoms with Crippen LogP contribution in [0.15, 0.2) is 12.7 Å². The number of carboxylic acid groups (broad SMARTS) is 1. The summed E-state index contributed by atoms with van der Waals surface area (Å²) >= 11 is 0. The molecule has 0 saturated heterocycles. The van der Waals surface area contributed by atoms with Crippen LogP contribution in [-0.2, 0) is 9.59 Å². The van der Waals surface area contributed by atoms with Crippen LogP contribution in [0.3, 0.4) is 0 Å². The van der Waals surface area contributed by atoms with Crippen LogP contribution in [0.4, 0.5) is 0 Å². The highest BCUT2D eigenvalue weighted by atomic mass is 16.4. The van der Waals surface area contributed by atoms with Crippen molar-refractivity contribution in [3.05, 3.63) is 12.7 Å². The SMILES string of the molecule is C=CCN[C@H](CCC(N)=O)C(=O)O. The van der Waals surface area contributed by atoms with Gasteiger partial charge in [0.25, 0.3) is 0 Å². The number of primary amides is 1. The Morgan fingerprint density at radius 1 is 1.62 bits per heavy atom. The van der Waals surface area contributed by atoms with E-state index in [2.05, 4.69) is 11.9 Å². The molecule has 0 aromatic carbocycles. The standard InChI is InChI=1S/C8H14N2O3/c1-2-5-10-6(8(12)13)3-4-7(9)11/h2,6,10H,1,3-5H2,(H2,9,11)(H,12,13)/t6-/m1/s1. The average molecular weight is 186 g/mol. The molecule has 0 aliphatic carbocycles. The molecule has 5 nitrogen and oxygen atoms in total. The minimum absolute atomic E-state index is 0.0705. The molecule has 0 aromatic heterocycles. The number of amides is 1. The van der Waals surface area contributed by atoms with Gasteiger partial charge in [0.05, 0.1) is 0 Å². The second-order valence-electron chi connectivity index (χ2n) is 2.59. The van der Waals surface area contributed by atoms with Crippen LogP contribution >= 0.6 is 0 Å². The quantitative estimate of drug-likeness (QED) is 0.466. The molecule has 0 unspecified atom stereocenters. The van der Waals surface area contributed by atoms with Gasteiger partial charge in [0.2, 0.25) is 5.91 Å². The zero-order valence-electron chi connectivity index (χ0n) is 7.32. The van der Waals surface area contributed by atoms with Gasteiger partial charge < -0.3 is 16.2 Å². The first-order chi connectivity index (χ1) is 6.07. The highest BCUT2D eigenvalue weighted by Gasteiger charge is 2.16. The number of nitrogens with two attached hydrogens (primary N) is 1. The van der Waals surface area contributed by atoms with Gasteiger partial charge in [0.15, 0.2) is 0 Å². The van der Waals surface area contributed by atoms with Crippen molar-refractivity contribution in [3.63, 3.8) is 0 Å². The first kappa shape index (κ1) is 11.6. The Balaban J connectivity index is 3.87. The van der Waals surface area contributed by atoms with Crippen molar-refractivity contribution in [1.29, 1.82) is 0 Å². The first-order valence-corrected chi connectivity index (χ1v) is 3.93. The molecule has 0 spiro atoms. The summed E-state index contributed by atoms with van der Waals surface area (Å²) in [6, 6.07) is -0.731. The summed E-state index contributed by atoms with van der Waals surface area (Å²) in [5, 5.41) is 11.4. The van der Waals surface area contributed by atoms with E-state index >= 15 is 0 Å². The smallest absolute Gasteiger partial charge is 0.320 e. The molecular formula is C8H14N2O3. The van der Waals surface area contributed by atoms with E-state index in [0.29, 0.717) is 6.54 Å². The summed E-state index contributed by atoms with van der Waals surface area (Å²) in [7, 11) is 0. The van der Waals surface area contributed by atoms with Gasteiger partial charge >= 0.3 is 5.97 Å². The molecule has 0 heterocycles. The zero-order valence-corrected chi connectivity index (χ0v) is 7.32. The number of hydrogen-bond acceptors (Lipinski definition) is 3. The number of hydrogen-bond donors (Lipinski definition) is 3. The predicted octanol–water partition coefficient (Wildman–Crippen LogP) is -0.519. The molecule has 13 heavy (non-hydrogen) atoms. The Labute approximate surface area is 76.6 Å². The van der Waals surface area contributed by atoms with Crippen LogP contribution in [0.5, 0.6) is 0 Å². The van der Waals surface area contributed by atoms with Crippen molar-refractivity contribution in [2.75, 3.05) is 6.54 Å². The number of carbonyl (C=O) groups excluding carboxylic acids is 1. The summed E-state index contributed by atoms with van der Waals surface area (Å²) in [5.74, 6) is -1.48. The predicted molar refractivity (Wildman–Crippen MR) is 48.1 cm³/mol. The lowest BCUT2D eigenvalue weighted by Crippen LogP contribution is -2.37. The third-order valence-corrected chi connectivity index (χ3v) is 1.49. The number of nitrogens with one attached hydrogen (secondary N) is 1. The van der Waals surface area contributed by atoms with Gasteiger partial charge in [-0.1, -0.05) is 6.08 Å². The maximum Gasteiger partial charge on any atom is 0.320 e. The third-order valence-electron chi connectivity index (χ3n) is 1.49. The molecule has 0 bridgehead atoms. The van der Waals surface area contributed by atoms with Crippen molar-refractivity contribution in [1.82, 2.24) is 5.32 Å². The molecule has 0 aromatic rings. The van der Waals surface area contributed by atoms with Gasteiger partial charge in [-0.3, -0.25) is 9.59 Å². The molecule has 0 radical (unpaired) electrons. The van der Waals surface area contributed by atoms with E-state index in [9.17, 15) is 9.59 Å². The summed E-state index contributed by atoms with van der Waals surface area (Å²) in [4.78, 5) is 21.0. The molecular weight excluding hydrogens is 172 g/mol. The highest BCUT2D eigenvalue weighted by Crippen LogP contribution is 1.96. The van der Waals surface area contributed by atoms with Crippen LogP contribution in [0, 0.1) is 0 Å². The van der Waals surface area contributed by atoms with Gasteiger partial charge in [0.1, 0.15) is 6.04 Å². The van der Waals surface area contributed by atoms with Gasteiger partial charge in [-0.25, -0.2) is 0 Å². The Morgan fingerprint density at radius 2 is 2.23 bits per heavy atom. The van der Waals surface area contributed by atoms with Crippen LogP contribution in [0.25, 0.3) is 0 Å². The summed E-state index contributed by atoms with van der Waals surface area (Å²) in [6.07, 6.45) is 1.83. The Morgan fingerprint density at radius 3 is 2.62 bits per heavy atom. The molecule has 0 rings (SSSR count). The lowest BCUT2D eigenvalue weighted by Gasteiger charge is -2.11. The molecule has 74 valence electrons. The van der Waals surface area contributed by atoms with Crippen molar-refractivity contribution < 1.29 is 14.7 Å². The summed E-state index contributed by atoms with van der Waals surface area (Å²) in [6.45, 7) is 3.84. The molecule has 4 N–H and O–H groups in total. The zero-order chi connectivity index (χ0) is 10.3. The minimum atomic E-state index is -0.983. The lowest BCUT2D eigenvalue weighted by atomic mass is 10.1. The van der Waals surface area contributed by atoms with E-state index in [1.807, 2.05) is 0 Å². The van der Waals surface area contributed by atoms with Crippen LogP contribution in [-0.4, -0.2) is 29.6 Å². The van der Waals surface area contributed by atoms with Gasteiger partial charge in [-0.05, 0) is 6.42 Å². The second kappa shape index (κ2) is 6.19. The molecule has 0 aliphatic rings. The first-order valence-electron chi connectivity index (χ1n) is 3.93. The third kappa shape index (κ3) is 5.86. The van der Waals surface area contributed by atoms with E-state index in [1.165, 1.54) is 0 Å². The Kier molecular flexibility index (Phi) is 5.54. The Bertz CT molecular complexity index is 204. The maximum atomic E-state index is 10.6. The molecule has 0 saturated carbocycles. The van der Waals surface area contributed by atoms with E-state index < -0.39 is 17.9 Å². The van der Waals surface area contributed by atoms with Crippen LogP contribution in [0.1, 0.15) is 12.8 Å².